The number of aliphatic hydroxyl groups excluding tert-OH is 1. The second-order valence-corrected chi connectivity index (χ2v) is 6.29. The second-order valence-electron chi connectivity index (χ2n) is 6.29. The molecule has 1 aromatic heterocycles. The molecule has 0 spiro atoms. The highest BCUT2D eigenvalue weighted by atomic mass is 19.2. The number of nitrogens with zero attached hydrogens (tertiary/aromatic N) is 4. The summed E-state index contributed by atoms with van der Waals surface area (Å²) >= 11 is 0. The van der Waals surface area contributed by atoms with E-state index in [1.165, 1.54) is 11.6 Å². The number of rotatable bonds is 5. The molecule has 1 unspecified atom stereocenters. The Morgan fingerprint density at radius 3 is 2.46 bits per heavy atom. The lowest BCUT2D eigenvalue weighted by atomic mass is 10.1. The minimum atomic E-state index is -0.923. The van der Waals surface area contributed by atoms with Gasteiger partial charge in [-0.05, 0) is 17.7 Å². The molecular formula is C17H22F2N4O. The molecule has 1 N–H and O–H groups in total. The standard InChI is InChI=1S/C17H22F2N4O/c1-21-10-13(9-20-21)11-22-4-6-23(7-5-22)12-17(24)14-2-3-15(18)16(19)8-14/h2-3,8-10,17,24H,4-7,11-12H2,1H3. The molecule has 0 radical (unpaired) electrons. The van der Waals surface area contributed by atoms with Gasteiger partial charge in [-0.2, -0.15) is 5.10 Å². The highest BCUT2D eigenvalue weighted by molar-refractivity contribution is 5.20. The van der Waals surface area contributed by atoms with E-state index in [2.05, 4.69) is 14.9 Å². The van der Waals surface area contributed by atoms with Crippen LogP contribution >= 0.6 is 0 Å². The minimum Gasteiger partial charge on any atom is -0.387 e. The van der Waals surface area contributed by atoms with Crippen molar-refractivity contribution in [1.29, 1.82) is 0 Å². The van der Waals surface area contributed by atoms with E-state index in [4.69, 9.17) is 0 Å². The van der Waals surface area contributed by atoms with Gasteiger partial charge in [-0.3, -0.25) is 14.5 Å². The van der Waals surface area contributed by atoms with E-state index in [0.717, 1.165) is 44.9 Å². The van der Waals surface area contributed by atoms with Crippen LogP contribution in [0.2, 0.25) is 0 Å². The monoisotopic (exact) mass is 336 g/mol. The van der Waals surface area contributed by atoms with Crippen molar-refractivity contribution >= 4 is 0 Å². The lowest BCUT2D eigenvalue weighted by Crippen LogP contribution is -2.47. The first-order chi connectivity index (χ1) is 11.5. The number of aromatic nitrogens is 2. The Hall–Kier alpha value is -1.83. The molecule has 0 aliphatic carbocycles. The van der Waals surface area contributed by atoms with E-state index in [9.17, 15) is 13.9 Å². The second kappa shape index (κ2) is 7.38. The van der Waals surface area contributed by atoms with Gasteiger partial charge in [0.15, 0.2) is 11.6 Å². The Kier molecular flexibility index (Phi) is 5.23. The molecule has 0 amide bonds. The first kappa shape index (κ1) is 17.0. The van der Waals surface area contributed by atoms with Crippen molar-refractivity contribution in [2.24, 2.45) is 7.05 Å². The molecule has 1 atom stereocenters. The van der Waals surface area contributed by atoms with E-state index in [1.807, 2.05) is 19.4 Å². The zero-order chi connectivity index (χ0) is 17.1. The molecule has 24 heavy (non-hydrogen) atoms. The number of piperazine rings is 1. The van der Waals surface area contributed by atoms with Crippen LogP contribution < -0.4 is 0 Å². The van der Waals surface area contributed by atoms with Crippen LogP contribution in [0.4, 0.5) is 8.78 Å². The lowest BCUT2D eigenvalue weighted by molar-refractivity contribution is 0.0699. The Morgan fingerprint density at radius 1 is 1.12 bits per heavy atom. The summed E-state index contributed by atoms with van der Waals surface area (Å²) in [6, 6.07) is 3.56. The van der Waals surface area contributed by atoms with Crippen molar-refractivity contribution in [1.82, 2.24) is 19.6 Å². The van der Waals surface area contributed by atoms with Crippen LogP contribution in [0.3, 0.4) is 0 Å². The van der Waals surface area contributed by atoms with Crippen molar-refractivity contribution < 1.29 is 13.9 Å². The predicted molar refractivity (Wildman–Crippen MR) is 86.2 cm³/mol. The molecule has 0 saturated carbocycles. The van der Waals surface area contributed by atoms with Crippen molar-refractivity contribution in [3.8, 4) is 0 Å². The zero-order valence-electron chi connectivity index (χ0n) is 13.7. The maximum absolute atomic E-state index is 13.3. The average molecular weight is 336 g/mol. The third kappa shape index (κ3) is 4.17. The first-order valence-corrected chi connectivity index (χ1v) is 8.06. The number of benzene rings is 1. The summed E-state index contributed by atoms with van der Waals surface area (Å²) in [6.07, 6.45) is 3.07. The summed E-state index contributed by atoms with van der Waals surface area (Å²) in [4.78, 5) is 4.49. The number of halogens is 2. The fourth-order valence-electron chi connectivity index (χ4n) is 3.01. The van der Waals surface area contributed by atoms with Crippen LogP contribution in [0.15, 0.2) is 30.6 Å². The third-order valence-corrected chi connectivity index (χ3v) is 4.39. The van der Waals surface area contributed by atoms with Gasteiger partial charge < -0.3 is 5.11 Å². The maximum atomic E-state index is 13.3. The molecule has 7 heteroatoms. The van der Waals surface area contributed by atoms with Crippen LogP contribution in [-0.2, 0) is 13.6 Å². The van der Waals surface area contributed by atoms with Crippen LogP contribution in [-0.4, -0.2) is 57.4 Å². The predicted octanol–water partition coefficient (Wildman–Crippen LogP) is 1.55. The van der Waals surface area contributed by atoms with Crippen molar-refractivity contribution in [3.63, 3.8) is 0 Å². The number of hydrogen-bond donors (Lipinski definition) is 1. The van der Waals surface area contributed by atoms with E-state index in [-0.39, 0.29) is 0 Å². The maximum Gasteiger partial charge on any atom is 0.159 e. The van der Waals surface area contributed by atoms with Crippen molar-refractivity contribution in [2.45, 2.75) is 12.6 Å². The lowest BCUT2D eigenvalue weighted by Gasteiger charge is -2.35. The number of hydrogen-bond acceptors (Lipinski definition) is 4. The van der Waals surface area contributed by atoms with Gasteiger partial charge in [0.05, 0.1) is 12.3 Å². The van der Waals surface area contributed by atoms with E-state index in [1.54, 1.807) is 4.68 Å². The van der Waals surface area contributed by atoms with Gasteiger partial charge in [-0.1, -0.05) is 6.07 Å². The molecule has 0 bridgehead atoms. The Labute approximate surface area is 140 Å². The summed E-state index contributed by atoms with van der Waals surface area (Å²) in [6.45, 7) is 4.76. The molecule has 1 aliphatic heterocycles. The molecule has 1 saturated heterocycles. The number of aliphatic hydroxyl groups is 1. The summed E-state index contributed by atoms with van der Waals surface area (Å²) in [7, 11) is 1.90. The Bertz CT molecular complexity index is 683. The summed E-state index contributed by atoms with van der Waals surface area (Å²) in [5.74, 6) is -1.82. The van der Waals surface area contributed by atoms with Gasteiger partial charge >= 0.3 is 0 Å². The largest absolute Gasteiger partial charge is 0.387 e. The fourth-order valence-corrected chi connectivity index (χ4v) is 3.01. The topological polar surface area (TPSA) is 44.5 Å². The highest BCUT2D eigenvalue weighted by Crippen LogP contribution is 2.18. The van der Waals surface area contributed by atoms with Gasteiger partial charge in [-0.15, -0.1) is 0 Å². The number of aryl methyl sites for hydroxylation is 1. The van der Waals surface area contributed by atoms with Crippen LogP contribution in [0, 0.1) is 11.6 Å². The highest BCUT2D eigenvalue weighted by Gasteiger charge is 2.21. The van der Waals surface area contributed by atoms with Crippen LogP contribution in [0.25, 0.3) is 0 Å². The Morgan fingerprint density at radius 2 is 1.83 bits per heavy atom. The molecule has 1 aliphatic rings. The van der Waals surface area contributed by atoms with Crippen LogP contribution in [0.5, 0.6) is 0 Å². The summed E-state index contributed by atoms with van der Waals surface area (Å²) < 4.78 is 28.0. The molecule has 1 fully saturated rings. The summed E-state index contributed by atoms with van der Waals surface area (Å²) in [5.41, 5.74) is 1.60. The quantitative estimate of drug-likeness (QED) is 0.900. The van der Waals surface area contributed by atoms with Crippen molar-refractivity contribution in [3.05, 3.63) is 53.4 Å². The molecule has 3 rings (SSSR count). The molecular weight excluding hydrogens is 314 g/mol. The number of β-amino-alcohol motifs (C(OH)–C–C–N with tert-alkyl or cyclic N) is 1. The van der Waals surface area contributed by atoms with E-state index < -0.39 is 17.7 Å². The third-order valence-electron chi connectivity index (χ3n) is 4.39. The fraction of sp³-hybridized carbons (Fsp3) is 0.471. The Balaban J connectivity index is 1.48. The average Bonchev–Trinajstić information content (AvgIpc) is 2.97. The zero-order valence-corrected chi connectivity index (χ0v) is 13.7. The van der Waals surface area contributed by atoms with Gasteiger partial charge in [0.2, 0.25) is 0 Å². The molecule has 5 nitrogen and oxygen atoms in total. The molecule has 2 aromatic rings. The van der Waals surface area contributed by atoms with Gasteiger partial charge in [0.25, 0.3) is 0 Å². The van der Waals surface area contributed by atoms with Gasteiger partial charge in [-0.25, -0.2) is 8.78 Å². The summed E-state index contributed by atoms with van der Waals surface area (Å²) in [5, 5.41) is 14.4. The molecule has 130 valence electrons. The van der Waals surface area contributed by atoms with Crippen LogP contribution in [0.1, 0.15) is 17.2 Å². The van der Waals surface area contributed by atoms with E-state index in [0.29, 0.717) is 12.1 Å². The molecule has 2 heterocycles. The van der Waals surface area contributed by atoms with Gasteiger partial charge in [0.1, 0.15) is 0 Å². The van der Waals surface area contributed by atoms with Gasteiger partial charge in [0, 0.05) is 58.1 Å². The van der Waals surface area contributed by atoms with E-state index >= 15 is 0 Å². The normalized spacial score (nSPS) is 18.0. The minimum absolute atomic E-state index is 0.409. The SMILES string of the molecule is Cn1cc(CN2CCN(CC(O)c3ccc(F)c(F)c3)CC2)cn1. The first-order valence-electron chi connectivity index (χ1n) is 8.06. The van der Waals surface area contributed by atoms with Crippen molar-refractivity contribution in [2.75, 3.05) is 32.7 Å². The smallest absolute Gasteiger partial charge is 0.159 e. The molecule has 1 aromatic carbocycles.